The van der Waals surface area contributed by atoms with E-state index in [1.807, 2.05) is 0 Å². The van der Waals surface area contributed by atoms with Gasteiger partial charge in [-0.3, -0.25) is 19.3 Å². The summed E-state index contributed by atoms with van der Waals surface area (Å²) in [4.78, 5) is 34.5. The van der Waals surface area contributed by atoms with Gasteiger partial charge in [-0.2, -0.15) is 0 Å². The molecule has 0 aromatic carbocycles. The minimum atomic E-state index is -0.498. The molecule has 0 saturated carbocycles. The maximum absolute atomic E-state index is 11.5. The fourth-order valence-corrected chi connectivity index (χ4v) is 1.51. The van der Waals surface area contributed by atoms with E-state index in [2.05, 4.69) is 0 Å². The average molecular weight is 312 g/mol. The summed E-state index contributed by atoms with van der Waals surface area (Å²) in [6.45, 7) is 1.39. The molecule has 19 heavy (non-hydrogen) atoms. The van der Waals surface area contributed by atoms with Gasteiger partial charge >= 0.3 is 5.97 Å². The summed E-state index contributed by atoms with van der Waals surface area (Å²) in [5.74, 6) is -0.431. The van der Waals surface area contributed by atoms with Gasteiger partial charge in [-0.25, -0.2) is 0 Å². The number of hydrogen-bond donors (Lipinski definition) is 0. The Labute approximate surface area is 120 Å². The van der Waals surface area contributed by atoms with Crippen molar-refractivity contribution in [1.29, 1.82) is 0 Å². The first kappa shape index (κ1) is 16.4. The lowest BCUT2D eigenvalue weighted by Crippen LogP contribution is -2.34. The Bertz CT molecular complexity index is 328. The Balaban J connectivity index is 2.29. The molecule has 8 heteroatoms. The Morgan fingerprint density at radius 3 is 2.11 bits per heavy atom. The molecule has 1 aliphatic rings. The smallest absolute Gasteiger partial charge is 0.320 e. The van der Waals surface area contributed by atoms with Crippen LogP contribution in [0.25, 0.3) is 0 Å². The van der Waals surface area contributed by atoms with Gasteiger partial charge in [0.25, 0.3) is 0 Å². The zero-order valence-corrected chi connectivity index (χ0v) is 11.8. The van der Waals surface area contributed by atoms with Gasteiger partial charge in [0, 0.05) is 25.9 Å². The number of hydrogen-bond acceptors (Lipinski definition) is 6. The number of nitrogens with zero attached hydrogens (tertiary/aromatic N) is 1. The number of carbonyl (C=O) groups is 3. The SMILES string of the molecule is O=C(Cl)CCN(CCC(=O)Cl)CC(=O)OCC1CO1. The van der Waals surface area contributed by atoms with Gasteiger partial charge in [-0.05, 0) is 23.2 Å². The van der Waals surface area contributed by atoms with E-state index in [1.165, 1.54) is 0 Å². The number of epoxide rings is 1. The molecule has 0 amide bonds. The predicted octanol–water partition coefficient (Wildman–Crippen LogP) is 0.541. The summed E-state index contributed by atoms with van der Waals surface area (Å²) in [6, 6.07) is 0. The third-order valence-electron chi connectivity index (χ3n) is 2.43. The van der Waals surface area contributed by atoms with Crippen LogP contribution in [0.4, 0.5) is 0 Å². The summed E-state index contributed by atoms with van der Waals surface area (Å²) in [6.07, 6.45) is 0.194. The average Bonchev–Trinajstić information content (AvgIpc) is 3.13. The molecule has 6 nitrogen and oxygen atoms in total. The second-order valence-corrected chi connectivity index (χ2v) is 4.97. The summed E-state index contributed by atoms with van der Waals surface area (Å²) in [5.41, 5.74) is 0. The Morgan fingerprint density at radius 2 is 1.68 bits per heavy atom. The van der Waals surface area contributed by atoms with Crippen molar-refractivity contribution in [2.24, 2.45) is 0 Å². The first-order chi connectivity index (χ1) is 8.97. The van der Waals surface area contributed by atoms with E-state index < -0.39 is 16.5 Å². The van der Waals surface area contributed by atoms with Crippen molar-refractivity contribution < 1.29 is 23.9 Å². The summed E-state index contributed by atoms with van der Waals surface area (Å²) < 4.78 is 9.88. The first-order valence-corrected chi connectivity index (χ1v) is 6.59. The second kappa shape index (κ2) is 8.47. The van der Waals surface area contributed by atoms with Crippen LogP contribution in [0.2, 0.25) is 0 Å². The molecule has 1 fully saturated rings. The lowest BCUT2D eigenvalue weighted by atomic mass is 10.3. The van der Waals surface area contributed by atoms with E-state index in [9.17, 15) is 14.4 Å². The molecule has 1 atom stereocenters. The van der Waals surface area contributed by atoms with Gasteiger partial charge in [-0.1, -0.05) is 0 Å². The molecule has 0 bridgehead atoms. The number of rotatable bonds is 10. The highest BCUT2D eigenvalue weighted by atomic mass is 35.5. The fraction of sp³-hybridized carbons (Fsp3) is 0.727. The molecule has 0 aliphatic carbocycles. The van der Waals surface area contributed by atoms with E-state index in [0.29, 0.717) is 6.61 Å². The van der Waals surface area contributed by atoms with E-state index >= 15 is 0 Å². The fourth-order valence-electron chi connectivity index (χ4n) is 1.34. The van der Waals surface area contributed by atoms with Crippen molar-refractivity contribution in [1.82, 2.24) is 4.90 Å². The van der Waals surface area contributed by atoms with E-state index in [-0.39, 0.29) is 45.2 Å². The Kier molecular flexibility index (Phi) is 7.30. The minimum Gasteiger partial charge on any atom is -0.462 e. The molecule has 1 heterocycles. The molecule has 1 rings (SSSR count). The van der Waals surface area contributed by atoms with Crippen molar-refractivity contribution in [3.05, 3.63) is 0 Å². The van der Waals surface area contributed by atoms with Gasteiger partial charge in [0.05, 0.1) is 13.2 Å². The largest absolute Gasteiger partial charge is 0.462 e. The minimum absolute atomic E-state index is 0.00578. The lowest BCUT2D eigenvalue weighted by molar-refractivity contribution is -0.145. The molecule has 1 aliphatic heterocycles. The molecular formula is C11H15Cl2NO5. The van der Waals surface area contributed by atoms with Gasteiger partial charge in [0.2, 0.25) is 10.5 Å². The molecule has 0 N–H and O–H groups in total. The molecule has 0 aromatic heterocycles. The van der Waals surface area contributed by atoms with E-state index in [1.54, 1.807) is 4.90 Å². The number of esters is 1. The van der Waals surface area contributed by atoms with E-state index in [0.717, 1.165) is 0 Å². The molecular weight excluding hydrogens is 297 g/mol. The van der Waals surface area contributed by atoms with Gasteiger partial charge in [-0.15, -0.1) is 0 Å². The number of ether oxygens (including phenoxy) is 2. The van der Waals surface area contributed by atoms with Gasteiger partial charge in [0.15, 0.2) is 0 Å². The predicted molar refractivity (Wildman–Crippen MR) is 68.1 cm³/mol. The molecule has 0 spiro atoms. The summed E-state index contributed by atoms with van der Waals surface area (Å²) >= 11 is 10.5. The lowest BCUT2D eigenvalue weighted by Gasteiger charge is -2.19. The number of halogens is 2. The summed E-state index contributed by atoms with van der Waals surface area (Å²) in [5, 5.41) is -0.996. The van der Waals surface area contributed by atoms with Crippen LogP contribution < -0.4 is 0 Å². The zero-order chi connectivity index (χ0) is 14.3. The van der Waals surface area contributed by atoms with Crippen LogP contribution in [0.15, 0.2) is 0 Å². The van der Waals surface area contributed by atoms with Crippen molar-refractivity contribution in [3.63, 3.8) is 0 Å². The Morgan fingerprint density at radius 1 is 1.16 bits per heavy atom. The van der Waals surface area contributed by atoms with Crippen molar-refractivity contribution in [3.8, 4) is 0 Å². The van der Waals surface area contributed by atoms with Crippen LogP contribution in [-0.4, -0.2) is 60.3 Å². The highest BCUT2D eigenvalue weighted by Gasteiger charge is 2.24. The normalized spacial score (nSPS) is 17.3. The highest BCUT2D eigenvalue weighted by Crippen LogP contribution is 2.09. The van der Waals surface area contributed by atoms with Crippen molar-refractivity contribution in [2.75, 3.05) is 32.8 Å². The van der Waals surface area contributed by atoms with Crippen LogP contribution in [-0.2, 0) is 23.9 Å². The quantitative estimate of drug-likeness (QED) is 0.333. The van der Waals surface area contributed by atoms with Gasteiger partial charge in [0.1, 0.15) is 12.7 Å². The summed E-state index contributed by atoms with van der Waals surface area (Å²) in [7, 11) is 0. The molecule has 1 unspecified atom stereocenters. The second-order valence-electron chi connectivity index (χ2n) is 4.12. The molecule has 0 aromatic rings. The maximum atomic E-state index is 11.5. The van der Waals surface area contributed by atoms with Crippen LogP contribution in [0.3, 0.4) is 0 Å². The van der Waals surface area contributed by atoms with Crippen LogP contribution in [0.1, 0.15) is 12.8 Å². The van der Waals surface area contributed by atoms with Crippen LogP contribution in [0, 0.1) is 0 Å². The monoisotopic (exact) mass is 311 g/mol. The molecule has 0 radical (unpaired) electrons. The first-order valence-electron chi connectivity index (χ1n) is 5.83. The topological polar surface area (TPSA) is 76.2 Å². The third-order valence-corrected chi connectivity index (χ3v) is 2.81. The molecule has 108 valence electrons. The zero-order valence-electron chi connectivity index (χ0n) is 10.3. The maximum Gasteiger partial charge on any atom is 0.320 e. The standard InChI is InChI=1S/C11H15Cl2NO5/c12-9(15)1-3-14(4-2-10(13)16)5-11(17)19-7-8-6-18-8/h8H,1-7H2. The highest BCUT2D eigenvalue weighted by molar-refractivity contribution is 6.63. The van der Waals surface area contributed by atoms with Crippen LogP contribution >= 0.6 is 23.2 Å². The Hall–Kier alpha value is -0.690. The molecule has 1 saturated heterocycles. The van der Waals surface area contributed by atoms with Crippen molar-refractivity contribution >= 4 is 39.7 Å². The van der Waals surface area contributed by atoms with Crippen molar-refractivity contribution in [2.45, 2.75) is 18.9 Å². The third kappa shape index (κ3) is 8.93. The number of carbonyl (C=O) groups excluding carboxylic acids is 3. The van der Waals surface area contributed by atoms with E-state index in [4.69, 9.17) is 32.7 Å². The van der Waals surface area contributed by atoms with Crippen LogP contribution in [0.5, 0.6) is 0 Å². The van der Waals surface area contributed by atoms with Gasteiger partial charge < -0.3 is 9.47 Å².